The van der Waals surface area contributed by atoms with Crippen LogP contribution in [0.1, 0.15) is 12.8 Å². The van der Waals surface area contributed by atoms with Crippen LogP contribution in [0.5, 0.6) is 0 Å². The molecule has 1 aromatic carbocycles. The van der Waals surface area contributed by atoms with E-state index in [4.69, 9.17) is 0 Å². The quantitative estimate of drug-likeness (QED) is 0.859. The van der Waals surface area contributed by atoms with Crippen LogP contribution >= 0.6 is 11.3 Å². The van der Waals surface area contributed by atoms with Gasteiger partial charge in [-0.25, -0.2) is 4.98 Å². The van der Waals surface area contributed by atoms with Gasteiger partial charge in [-0.15, -0.1) is 11.3 Å². The van der Waals surface area contributed by atoms with Gasteiger partial charge in [0, 0.05) is 5.56 Å². The van der Waals surface area contributed by atoms with Gasteiger partial charge in [0.15, 0.2) is 0 Å². The van der Waals surface area contributed by atoms with Gasteiger partial charge in [0.05, 0.1) is 12.1 Å². The van der Waals surface area contributed by atoms with E-state index in [0.29, 0.717) is 6.54 Å². The molecule has 4 nitrogen and oxygen atoms in total. The Kier molecular flexibility index (Phi) is 4.08. The summed E-state index contributed by atoms with van der Waals surface area (Å²) in [5.74, 6) is 0.776. The third kappa shape index (κ3) is 3.43. The third-order valence-electron chi connectivity index (χ3n) is 3.28. The van der Waals surface area contributed by atoms with Crippen molar-refractivity contribution in [2.45, 2.75) is 12.8 Å². The van der Waals surface area contributed by atoms with Gasteiger partial charge >= 0.3 is 0 Å². The fourth-order valence-electron chi connectivity index (χ4n) is 2.02. The lowest BCUT2D eigenvalue weighted by Crippen LogP contribution is -2.29. The van der Waals surface area contributed by atoms with E-state index in [1.54, 1.807) is 5.51 Å². The molecule has 2 aromatic rings. The first-order chi connectivity index (χ1) is 9.83. The molecule has 1 amide bonds. The zero-order valence-corrected chi connectivity index (χ0v) is 12.0. The molecule has 1 aliphatic rings. The molecule has 1 heterocycles. The van der Waals surface area contributed by atoms with Crippen molar-refractivity contribution >= 4 is 22.2 Å². The number of nitrogens with zero attached hydrogens (tertiary/aromatic N) is 1. The van der Waals surface area contributed by atoms with Gasteiger partial charge in [0.1, 0.15) is 10.7 Å². The Labute approximate surface area is 122 Å². The molecule has 0 atom stereocenters. The second kappa shape index (κ2) is 6.15. The van der Waals surface area contributed by atoms with Gasteiger partial charge in [-0.05, 0) is 25.3 Å². The highest BCUT2D eigenvalue weighted by atomic mass is 32.1. The number of aromatic nitrogens is 1. The van der Waals surface area contributed by atoms with E-state index < -0.39 is 0 Å². The Bertz CT molecular complexity index is 578. The molecule has 0 aliphatic heterocycles. The van der Waals surface area contributed by atoms with Crippen LogP contribution in [0.3, 0.4) is 0 Å². The Morgan fingerprint density at radius 3 is 2.85 bits per heavy atom. The maximum absolute atomic E-state index is 11.9. The van der Waals surface area contributed by atoms with Crippen molar-refractivity contribution in [2.24, 2.45) is 5.92 Å². The zero-order chi connectivity index (χ0) is 13.8. The number of rotatable bonds is 6. The Hall–Kier alpha value is -1.72. The zero-order valence-electron chi connectivity index (χ0n) is 11.1. The summed E-state index contributed by atoms with van der Waals surface area (Å²) in [6.45, 7) is 1.31. The molecule has 1 aromatic heterocycles. The lowest BCUT2D eigenvalue weighted by molar-refractivity contribution is -0.115. The monoisotopic (exact) mass is 287 g/mol. The van der Waals surface area contributed by atoms with Gasteiger partial charge in [0.2, 0.25) is 5.91 Å². The molecule has 0 bridgehead atoms. The summed E-state index contributed by atoms with van der Waals surface area (Å²) in [7, 11) is 0. The molecule has 0 saturated heterocycles. The molecule has 5 heteroatoms. The standard InChI is InChI=1S/C15H17N3OS/c19-13(9-16-8-11-6-7-11)18-15-14(17-10-20-15)12-4-2-1-3-5-12/h1-5,10-11,16H,6-9H2,(H,18,19). The lowest BCUT2D eigenvalue weighted by atomic mass is 10.2. The molecular formula is C15H17N3OS. The van der Waals surface area contributed by atoms with Crippen LogP contribution in [-0.4, -0.2) is 24.0 Å². The average Bonchev–Trinajstić information content (AvgIpc) is 3.17. The Balaban J connectivity index is 1.59. The summed E-state index contributed by atoms with van der Waals surface area (Å²) >= 11 is 1.45. The third-order valence-corrected chi connectivity index (χ3v) is 4.03. The first kappa shape index (κ1) is 13.3. The number of anilines is 1. The number of nitrogens with one attached hydrogen (secondary N) is 2. The fourth-order valence-corrected chi connectivity index (χ4v) is 2.74. The van der Waals surface area contributed by atoms with E-state index in [1.165, 1.54) is 24.2 Å². The summed E-state index contributed by atoms with van der Waals surface area (Å²) in [5, 5.41) is 6.94. The van der Waals surface area contributed by atoms with Gasteiger partial charge in [-0.1, -0.05) is 30.3 Å². The van der Waals surface area contributed by atoms with Crippen LogP contribution in [0.15, 0.2) is 35.8 Å². The van der Waals surface area contributed by atoms with E-state index in [9.17, 15) is 4.79 Å². The smallest absolute Gasteiger partial charge is 0.238 e. The highest BCUT2D eigenvalue weighted by Crippen LogP contribution is 2.30. The highest BCUT2D eigenvalue weighted by Gasteiger charge is 2.20. The van der Waals surface area contributed by atoms with Crippen molar-refractivity contribution in [2.75, 3.05) is 18.4 Å². The molecule has 104 valence electrons. The molecule has 1 fully saturated rings. The van der Waals surface area contributed by atoms with Gasteiger partial charge in [0.25, 0.3) is 0 Å². The van der Waals surface area contributed by atoms with E-state index in [2.05, 4.69) is 15.6 Å². The number of amides is 1. The number of carbonyl (C=O) groups is 1. The molecule has 20 heavy (non-hydrogen) atoms. The topological polar surface area (TPSA) is 54.0 Å². The number of benzene rings is 1. The summed E-state index contributed by atoms with van der Waals surface area (Å²) < 4.78 is 0. The number of thiazole rings is 1. The first-order valence-corrected chi connectivity index (χ1v) is 7.70. The van der Waals surface area contributed by atoms with Crippen LogP contribution < -0.4 is 10.6 Å². The maximum atomic E-state index is 11.9. The summed E-state index contributed by atoms with van der Waals surface area (Å²) in [6.07, 6.45) is 2.59. The van der Waals surface area contributed by atoms with Gasteiger partial charge in [-0.2, -0.15) is 0 Å². The number of carbonyl (C=O) groups excluding carboxylic acids is 1. The van der Waals surface area contributed by atoms with Crippen molar-refractivity contribution in [3.8, 4) is 11.3 Å². The normalized spacial score (nSPS) is 14.2. The molecule has 2 N–H and O–H groups in total. The Morgan fingerprint density at radius 1 is 1.30 bits per heavy atom. The van der Waals surface area contributed by atoms with E-state index in [1.807, 2.05) is 30.3 Å². The molecule has 1 saturated carbocycles. The maximum Gasteiger partial charge on any atom is 0.238 e. The summed E-state index contributed by atoms with van der Waals surface area (Å²) in [5.41, 5.74) is 3.62. The predicted octanol–water partition coefficient (Wildman–Crippen LogP) is 2.75. The van der Waals surface area contributed by atoms with Crippen molar-refractivity contribution in [3.63, 3.8) is 0 Å². The van der Waals surface area contributed by atoms with Gasteiger partial charge < -0.3 is 10.6 Å². The van der Waals surface area contributed by atoms with Crippen LogP contribution in [0.25, 0.3) is 11.3 Å². The minimum absolute atomic E-state index is 0.00733. The van der Waals surface area contributed by atoms with Crippen molar-refractivity contribution in [3.05, 3.63) is 35.8 Å². The SMILES string of the molecule is O=C(CNCC1CC1)Nc1scnc1-c1ccccc1. The largest absolute Gasteiger partial charge is 0.315 e. The summed E-state index contributed by atoms with van der Waals surface area (Å²) in [4.78, 5) is 16.2. The minimum atomic E-state index is -0.00733. The second-order valence-electron chi connectivity index (χ2n) is 5.02. The fraction of sp³-hybridized carbons (Fsp3) is 0.333. The van der Waals surface area contributed by atoms with Crippen molar-refractivity contribution in [1.29, 1.82) is 0 Å². The lowest BCUT2D eigenvalue weighted by Gasteiger charge is -2.06. The minimum Gasteiger partial charge on any atom is -0.315 e. The van der Waals surface area contributed by atoms with Crippen molar-refractivity contribution in [1.82, 2.24) is 10.3 Å². The molecule has 0 radical (unpaired) electrons. The molecular weight excluding hydrogens is 270 g/mol. The molecule has 0 unspecified atom stereocenters. The average molecular weight is 287 g/mol. The Morgan fingerprint density at radius 2 is 2.10 bits per heavy atom. The van der Waals surface area contributed by atoms with Crippen LogP contribution in [-0.2, 0) is 4.79 Å². The molecule has 3 rings (SSSR count). The van der Waals surface area contributed by atoms with Crippen LogP contribution in [0.4, 0.5) is 5.00 Å². The first-order valence-electron chi connectivity index (χ1n) is 6.82. The highest BCUT2D eigenvalue weighted by molar-refractivity contribution is 7.14. The van der Waals surface area contributed by atoms with Crippen LogP contribution in [0, 0.1) is 5.92 Å². The summed E-state index contributed by atoms with van der Waals surface area (Å²) in [6, 6.07) is 9.90. The number of hydrogen-bond donors (Lipinski definition) is 2. The van der Waals surface area contributed by atoms with E-state index in [0.717, 1.165) is 28.7 Å². The molecule has 0 spiro atoms. The predicted molar refractivity (Wildman–Crippen MR) is 81.8 cm³/mol. The van der Waals surface area contributed by atoms with Crippen molar-refractivity contribution < 1.29 is 4.79 Å². The molecule has 1 aliphatic carbocycles. The van der Waals surface area contributed by atoms with Gasteiger partial charge in [-0.3, -0.25) is 4.79 Å². The second-order valence-corrected chi connectivity index (χ2v) is 5.87. The van der Waals surface area contributed by atoms with E-state index >= 15 is 0 Å². The van der Waals surface area contributed by atoms with E-state index in [-0.39, 0.29) is 5.91 Å². The number of hydrogen-bond acceptors (Lipinski definition) is 4. The van der Waals surface area contributed by atoms with Crippen LogP contribution in [0.2, 0.25) is 0 Å².